The Balaban J connectivity index is 1.52. The van der Waals surface area contributed by atoms with Crippen molar-refractivity contribution in [3.8, 4) is 11.5 Å². The van der Waals surface area contributed by atoms with E-state index in [1.165, 1.54) is 11.1 Å². The largest absolute Gasteiger partial charge is 0.540 e. The van der Waals surface area contributed by atoms with Gasteiger partial charge in [0.25, 0.3) is 8.32 Å². The average Bonchev–Trinajstić information content (AvgIpc) is 3.50. The first-order chi connectivity index (χ1) is 18.1. The summed E-state index contributed by atoms with van der Waals surface area (Å²) in [7, 11) is -2.20. The highest BCUT2D eigenvalue weighted by Crippen LogP contribution is 2.67. The maximum absolute atomic E-state index is 12.8. The highest BCUT2D eigenvalue weighted by atomic mass is 28.4. The van der Waals surface area contributed by atoms with E-state index in [1.54, 1.807) is 0 Å². The van der Waals surface area contributed by atoms with Crippen LogP contribution in [0, 0.1) is 5.92 Å². The monoisotopic (exact) mass is 541 g/mol. The molecule has 2 saturated heterocycles. The Kier molecular flexibility index (Phi) is 6.59. The van der Waals surface area contributed by atoms with Crippen molar-refractivity contribution in [3.05, 3.63) is 35.9 Å². The van der Waals surface area contributed by atoms with Gasteiger partial charge >= 0.3 is 0 Å². The zero-order valence-electron chi connectivity index (χ0n) is 24.2. The maximum atomic E-state index is 12.8. The van der Waals surface area contributed by atoms with E-state index in [9.17, 15) is 5.11 Å². The molecule has 1 unspecified atom stereocenters. The van der Waals surface area contributed by atoms with Crippen LogP contribution in [0.25, 0.3) is 0 Å². The molecule has 1 aromatic carbocycles. The second-order valence-electron chi connectivity index (χ2n) is 13.3. The molecular formula is C31H47NO5Si. The first kappa shape index (κ1) is 26.8. The molecule has 2 aliphatic carbocycles. The molecule has 5 aliphatic rings. The third kappa shape index (κ3) is 3.38. The second kappa shape index (κ2) is 9.34. The van der Waals surface area contributed by atoms with Crippen LogP contribution >= 0.6 is 0 Å². The minimum Gasteiger partial charge on any atom is -0.540 e. The number of hydrogen-bond donors (Lipinski definition) is 1. The van der Waals surface area contributed by atoms with Crippen molar-refractivity contribution in [2.75, 3.05) is 26.3 Å². The molecule has 1 saturated carbocycles. The molecular weight excluding hydrogens is 494 g/mol. The van der Waals surface area contributed by atoms with Crippen LogP contribution < -0.4 is 9.16 Å². The van der Waals surface area contributed by atoms with Crippen molar-refractivity contribution in [2.24, 2.45) is 5.92 Å². The van der Waals surface area contributed by atoms with Gasteiger partial charge in [-0.05, 0) is 60.5 Å². The fraction of sp³-hybridized carbons (Fsp3) is 0.742. The molecule has 0 aromatic heterocycles. The van der Waals surface area contributed by atoms with Crippen LogP contribution in [0.4, 0.5) is 0 Å². The SMILES string of the molecule is C=CCN1CC[C@]23c4c5ccc(O[Si](C(C)C)(C(C)C)C(C)C)c4O[C@H]2C(C2OCCO2)CC[C@@]3(O)[C@H]1C5. The molecule has 1 N–H and O–H groups in total. The lowest BCUT2D eigenvalue weighted by molar-refractivity contribution is -0.222. The quantitative estimate of drug-likeness (QED) is 0.343. The van der Waals surface area contributed by atoms with Gasteiger partial charge in [0, 0.05) is 24.1 Å². The normalized spacial score (nSPS) is 34.6. The summed E-state index contributed by atoms with van der Waals surface area (Å²) >= 11 is 0. The van der Waals surface area contributed by atoms with Gasteiger partial charge in [-0.3, -0.25) is 4.90 Å². The highest BCUT2D eigenvalue weighted by Gasteiger charge is 2.73. The van der Waals surface area contributed by atoms with E-state index in [0.29, 0.717) is 29.8 Å². The van der Waals surface area contributed by atoms with Crippen LogP contribution in [-0.4, -0.2) is 68.7 Å². The second-order valence-corrected chi connectivity index (χ2v) is 18.7. The Morgan fingerprint density at radius 3 is 2.42 bits per heavy atom. The van der Waals surface area contributed by atoms with Gasteiger partial charge in [-0.1, -0.05) is 53.7 Å². The van der Waals surface area contributed by atoms with Gasteiger partial charge in [0.2, 0.25) is 0 Å². The number of benzene rings is 1. The summed E-state index contributed by atoms with van der Waals surface area (Å²) in [6.07, 6.45) is 4.74. The molecule has 3 fully saturated rings. The molecule has 210 valence electrons. The lowest BCUT2D eigenvalue weighted by Gasteiger charge is -2.64. The Morgan fingerprint density at radius 1 is 1.11 bits per heavy atom. The van der Waals surface area contributed by atoms with Crippen molar-refractivity contribution in [1.29, 1.82) is 0 Å². The van der Waals surface area contributed by atoms with E-state index in [2.05, 4.69) is 65.2 Å². The summed E-state index contributed by atoms with van der Waals surface area (Å²) in [5, 5.41) is 12.8. The summed E-state index contributed by atoms with van der Waals surface area (Å²) in [5.74, 6) is 1.86. The molecule has 1 spiro atoms. The molecule has 6 rings (SSSR count). The van der Waals surface area contributed by atoms with E-state index < -0.39 is 19.3 Å². The smallest absolute Gasteiger partial charge is 0.258 e. The molecule has 6 nitrogen and oxygen atoms in total. The minimum absolute atomic E-state index is 0.0485. The van der Waals surface area contributed by atoms with Crippen molar-refractivity contribution < 1.29 is 23.7 Å². The van der Waals surface area contributed by atoms with Gasteiger partial charge in [0.05, 0.1) is 24.2 Å². The number of ether oxygens (including phenoxy) is 3. The van der Waals surface area contributed by atoms with Gasteiger partial charge in [-0.25, -0.2) is 0 Å². The third-order valence-electron chi connectivity index (χ3n) is 11.0. The van der Waals surface area contributed by atoms with Crippen molar-refractivity contribution in [1.82, 2.24) is 4.90 Å². The average molecular weight is 542 g/mol. The minimum atomic E-state index is -2.20. The van der Waals surface area contributed by atoms with Crippen LogP contribution in [0.5, 0.6) is 11.5 Å². The third-order valence-corrected chi connectivity index (χ3v) is 16.9. The van der Waals surface area contributed by atoms with Crippen molar-refractivity contribution in [3.63, 3.8) is 0 Å². The van der Waals surface area contributed by atoms with Gasteiger partial charge in [-0.2, -0.15) is 0 Å². The zero-order chi connectivity index (χ0) is 27.0. The van der Waals surface area contributed by atoms with Crippen LogP contribution in [-0.2, 0) is 21.3 Å². The molecule has 3 aliphatic heterocycles. The number of piperidine rings is 1. The number of aliphatic hydroxyl groups is 1. The fourth-order valence-electron chi connectivity index (χ4n) is 9.57. The summed E-state index contributed by atoms with van der Waals surface area (Å²) < 4.78 is 26.6. The predicted molar refractivity (Wildman–Crippen MR) is 151 cm³/mol. The molecule has 2 bridgehead atoms. The van der Waals surface area contributed by atoms with Gasteiger partial charge < -0.3 is 23.7 Å². The first-order valence-corrected chi connectivity index (χ1v) is 17.1. The lowest BCUT2D eigenvalue weighted by Crippen LogP contribution is -2.76. The van der Waals surface area contributed by atoms with Crippen molar-refractivity contribution in [2.45, 2.75) is 113 Å². The van der Waals surface area contributed by atoms with Crippen LogP contribution in [0.1, 0.15) is 71.9 Å². The Morgan fingerprint density at radius 2 is 1.79 bits per heavy atom. The Labute approximate surface area is 229 Å². The van der Waals surface area contributed by atoms with E-state index in [0.717, 1.165) is 50.3 Å². The van der Waals surface area contributed by atoms with E-state index in [1.807, 2.05) is 6.08 Å². The van der Waals surface area contributed by atoms with E-state index in [4.69, 9.17) is 18.6 Å². The Hall–Kier alpha value is -1.38. The lowest BCUT2D eigenvalue weighted by atomic mass is 9.47. The van der Waals surface area contributed by atoms with E-state index >= 15 is 0 Å². The van der Waals surface area contributed by atoms with E-state index in [-0.39, 0.29) is 24.4 Å². The molecule has 0 radical (unpaired) electrons. The molecule has 7 heteroatoms. The number of nitrogens with zero attached hydrogens (tertiary/aromatic N) is 1. The molecule has 5 atom stereocenters. The Bertz CT molecular complexity index is 1060. The molecule has 38 heavy (non-hydrogen) atoms. The predicted octanol–water partition coefficient (Wildman–Crippen LogP) is 5.57. The van der Waals surface area contributed by atoms with Gasteiger partial charge in [0.15, 0.2) is 12.0 Å². The first-order valence-electron chi connectivity index (χ1n) is 14.9. The number of likely N-dealkylation sites (tertiary alicyclic amines) is 1. The standard InChI is InChI=1S/C31H47NO5Si/c1-8-14-32-15-13-30-26-22-9-10-24(37-38(19(2)3,20(4)5)21(6)7)27(26)36-28(30)23(29-34-16-17-35-29)11-12-31(30,33)25(32)18-22/h8-10,19-21,23,25,28-29,33H,1,11-18H2,2-7H3/t23?,25-,28+,30+,31-/m1/s1. The molecule has 3 heterocycles. The maximum Gasteiger partial charge on any atom is 0.258 e. The molecule has 1 aromatic rings. The number of hydrogen-bond acceptors (Lipinski definition) is 6. The van der Waals surface area contributed by atoms with Crippen LogP contribution in [0.3, 0.4) is 0 Å². The van der Waals surface area contributed by atoms with Gasteiger partial charge in [-0.15, -0.1) is 6.58 Å². The number of rotatable bonds is 8. The highest BCUT2D eigenvalue weighted by molar-refractivity contribution is 6.78. The fourth-order valence-corrected chi connectivity index (χ4v) is 14.8. The summed E-state index contributed by atoms with van der Waals surface area (Å²) in [5.41, 5.74) is 2.57. The zero-order valence-corrected chi connectivity index (χ0v) is 25.2. The van der Waals surface area contributed by atoms with Gasteiger partial charge in [0.1, 0.15) is 11.9 Å². The van der Waals surface area contributed by atoms with Crippen molar-refractivity contribution >= 4 is 8.32 Å². The molecule has 0 amide bonds. The van der Waals surface area contributed by atoms with Crippen LogP contribution in [0.2, 0.25) is 16.6 Å². The topological polar surface area (TPSA) is 60.4 Å². The summed E-state index contributed by atoms with van der Waals surface area (Å²) in [6, 6.07) is 4.50. The van der Waals surface area contributed by atoms with Crippen LogP contribution in [0.15, 0.2) is 24.8 Å². The summed E-state index contributed by atoms with van der Waals surface area (Å²) in [4.78, 5) is 2.44. The summed E-state index contributed by atoms with van der Waals surface area (Å²) in [6.45, 7) is 20.9.